The molecule has 2 aromatic heterocycles. The third kappa shape index (κ3) is 3.37. The van der Waals surface area contributed by atoms with Gasteiger partial charge in [-0.2, -0.15) is 0 Å². The van der Waals surface area contributed by atoms with E-state index in [1.807, 2.05) is 67.6 Å². The Labute approximate surface area is 183 Å². The molecule has 0 saturated heterocycles. The van der Waals surface area contributed by atoms with Crippen molar-refractivity contribution in [3.8, 4) is 5.75 Å². The number of carbonyl (C=O) groups excluding carboxylic acids is 1. The molecule has 0 aliphatic carbocycles. The number of ketones is 1. The lowest BCUT2D eigenvalue weighted by atomic mass is 10.1. The summed E-state index contributed by atoms with van der Waals surface area (Å²) < 4.78 is 13.3. The highest BCUT2D eigenvalue weighted by atomic mass is 35.5. The largest absolute Gasteiger partial charge is 0.497 e. The van der Waals surface area contributed by atoms with Crippen molar-refractivity contribution < 1.29 is 13.9 Å². The maximum absolute atomic E-state index is 13.5. The van der Waals surface area contributed by atoms with Gasteiger partial charge in [0, 0.05) is 28.2 Å². The van der Waals surface area contributed by atoms with E-state index in [1.54, 1.807) is 13.2 Å². The Kier molecular flexibility index (Phi) is 4.75. The van der Waals surface area contributed by atoms with E-state index in [0.717, 1.165) is 22.2 Å². The molecular formula is C25H19ClN2O3. The van der Waals surface area contributed by atoms with Gasteiger partial charge in [0.1, 0.15) is 11.3 Å². The average molecular weight is 431 g/mol. The Balaban J connectivity index is 1.68. The maximum Gasteiger partial charge on any atom is 0.269 e. The number of rotatable bonds is 5. The SMILES string of the molecule is COc1ccc2c(c1)c(C(=O)c1nc3ccccc3o1)c(C)n2Cc1ccc(Cl)cc1. The highest BCUT2D eigenvalue weighted by Gasteiger charge is 2.25. The third-order valence-corrected chi connectivity index (χ3v) is 5.75. The number of fused-ring (bicyclic) bond motifs is 2. The van der Waals surface area contributed by atoms with Crippen LogP contribution in [0.15, 0.2) is 71.1 Å². The van der Waals surface area contributed by atoms with Crippen molar-refractivity contribution in [2.45, 2.75) is 13.5 Å². The molecule has 0 aliphatic heterocycles. The van der Waals surface area contributed by atoms with Gasteiger partial charge < -0.3 is 13.7 Å². The molecule has 0 bridgehead atoms. The number of benzene rings is 3. The highest BCUT2D eigenvalue weighted by molar-refractivity contribution is 6.30. The zero-order valence-corrected chi connectivity index (χ0v) is 17.8. The van der Waals surface area contributed by atoms with Crippen LogP contribution in [0.25, 0.3) is 22.0 Å². The Hall–Kier alpha value is -3.57. The molecule has 0 amide bonds. The molecular weight excluding hydrogens is 412 g/mol. The minimum Gasteiger partial charge on any atom is -0.497 e. The van der Waals surface area contributed by atoms with Gasteiger partial charge in [-0.1, -0.05) is 35.9 Å². The van der Waals surface area contributed by atoms with Crippen molar-refractivity contribution >= 4 is 39.4 Å². The monoisotopic (exact) mass is 430 g/mol. The fourth-order valence-corrected chi connectivity index (χ4v) is 4.05. The zero-order chi connectivity index (χ0) is 21.5. The summed E-state index contributed by atoms with van der Waals surface area (Å²) in [5.74, 6) is 0.516. The van der Waals surface area contributed by atoms with Crippen molar-refractivity contribution in [3.05, 3.63) is 94.5 Å². The lowest BCUT2D eigenvalue weighted by Gasteiger charge is -2.09. The van der Waals surface area contributed by atoms with Crippen LogP contribution in [0, 0.1) is 6.92 Å². The van der Waals surface area contributed by atoms with E-state index in [9.17, 15) is 4.79 Å². The number of para-hydroxylation sites is 2. The highest BCUT2D eigenvalue weighted by Crippen LogP contribution is 2.32. The molecule has 2 heterocycles. The van der Waals surface area contributed by atoms with Gasteiger partial charge in [-0.15, -0.1) is 0 Å². The molecule has 0 atom stereocenters. The van der Waals surface area contributed by atoms with Gasteiger partial charge in [0.2, 0.25) is 5.78 Å². The number of hydrogen-bond donors (Lipinski definition) is 0. The van der Waals surface area contributed by atoms with E-state index in [0.29, 0.717) is 34.0 Å². The van der Waals surface area contributed by atoms with Crippen LogP contribution >= 0.6 is 11.6 Å². The number of methoxy groups -OCH3 is 1. The average Bonchev–Trinajstić information content (AvgIpc) is 3.34. The molecule has 0 unspecified atom stereocenters. The summed E-state index contributed by atoms with van der Waals surface area (Å²) in [5.41, 5.74) is 4.67. The maximum atomic E-state index is 13.5. The standard InChI is InChI=1S/C25H19ClN2O3/c1-15-23(24(29)25-27-20-5-3-4-6-22(20)31-25)19-13-18(30-2)11-12-21(19)28(15)14-16-7-9-17(26)10-8-16/h3-13H,14H2,1-2H3. The van der Waals surface area contributed by atoms with E-state index in [-0.39, 0.29) is 11.7 Å². The summed E-state index contributed by atoms with van der Waals surface area (Å²) in [5, 5.41) is 1.49. The molecule has 5 aromatic rings. The van der Waals surface area contributed by atoms with Crippen LogP contribution in [0.1, 0.15) is 27.5 Å². The second-order valence-corrected chi connectivity index (χ2v) is 7.81. The molecule has 6 heteroatoms. The number of halogens is 1. The van der Waals surface area contributed by atoms with Gasteiger partial charge >= 0.3 is 0 Å². The lowest BCUT2D eigenvalue weighted by molar-refractivity contribution is 0.101. The molecule has 5 rings (SSSR count). The number of hydrogen-bond acceptors (Lipinski definition) is 4. The van der Waals surface area contributed by atoms with Crippen molar-refractivity contribution in [2.24, 2.45) is 0 Å². The number of oxazole rings is 1. The fourth-order valence-electron chi connectivity index (χ4n) is 3.93. The first-order chi connectivity index (χ1) is 15.0. The van der Waals surface area contributed by atoms with E-state index in [2.05, 4.69) is 9.55 Å². The Bertz CT molecular complexity index is 1400. The number of ether oxygens (including phenoxy) is 1. The summed E-state index contributed by atoms with van der Waals surface area (Å²) in [4.78, 5) is 17.9. The van der Waals surface area contributed by atoms with Gasteiger partial charge in [0.05, 0.1) is 12.7 Å². The smallest absolute Gasteiger partial charge is 0.269 e. The number of aromatic nitrogens is 2. The van der Waals surface area contributed by atoms with Crippen molar-refractivity contribution in [1.82, 2.24) is 9.55 Å². The Morgan fingerprint density at radius 3 is 2.61 bits per heavy atom. The van der Waals surface area contributed by atoms with Gasteiger partial charge in [0.25, 0.3) is 5.89 Å². The number of carbonyl (C=O) groups is 1. The quantitative estimate of drug-likeness (QED) is 0.319. The first-order valence-corrected chi connectivity index (χ1v) is 10.2. The lowest BCUT2D eigenvalue weighted by Crippen LogP contribution is -2.06. The van der Waals surface area contributed by atoms with Crippen LogP contribution in [0.3, 0.4) is 0 Å². The van der Waals surface area contributed by atoms with E-state index >= 15 is 0 Å². The summed E-state index contributed by atoms with van der Waals surface area (Å²) in [7, 11) is 1.61. The minimum atomic E-state index is -0.248. The second-order valence-electron chi connectivity index (χ2n) is 7.37. The summed E-state index contributed by atoms with van der Waals surface area (Å²) in [6.07, 6.45) is 0. The van der Waals surface area contributed by atoms with Crippen LogP contribution < -0.4 is 4.74 Å². The molecule has 0 spiro atoms. The van der Waals surface area contributed by atoms with Crippen molar-refractivity contribution in [2.75, 3.05) is 7.11 Å². The predicted molar refractivity (Wildman–Crippen MR) is 121 cm³/mol. The minimum absolute atomic E-state index is 0.0812. The zero-order valence-electron chi connectivity index (χ0n) is 17.1. The normalized spacial score (nSPS) is 11.3. The van der Waals surface area contributed by atoms with Crippen LogP contribution in [0.2, 0.25) is 5.02 Å². The fraction of sp³-hybridized carbons (Fsp3) is 0.120. The molecule has 0 fully saturated rings. The van der Waals surface area contributed by atoms with E-state index < -0.39 is 0 Å². The van der Waals surface area contributed by atoms with Gasteiger partial charge in [-0.05, 0) is 55.0 Å². The molecule has 31 heavy (non-hydrogen) atoms. The third-order valence-electron chi connectivity index (χ3n) is 5.50. The van der Waals surface area contributed by atoms with Crippen LogP contribution in [-0.2, 0) is 6.54 Å². The Morgan fingerprint density at radius 1 is 1.10 bits per heavy atom. The Morgan fingerprint density at radius 2 is 1.87 bits per heavy atom. The molecule has 154 valence electrons. The predicted octanol–water partition coefficient (Wildman–Crippen LogP) is 6.03. The van der Waals surface area contributed by atoms with Crippen LogP contribution in [0.4, 0.5) is 0 Å². The molecule has 0 radical (unpaired) electrons. The van der Waals surface area contributed by atoms with Crippen molar-refractivity contribution in [1.29, 1.82) is 0 Å². The van der Waals surface area contributed by atoms with Gasteiger partial charge in [0.15, 0.2) is 5.58 Å². The van der Waals surface area contributed by atoms with Crippen molar-refractivity contribution in [3.63, 3.8) is 0 Å². The van der Waals surface area contributed by atoms with E-state index in [4.69, 9.17) is 20.8 Å². The first kappa shape index (κ1) is 19.4. The summed E-state index contributed by atoms with van der Waals surface area (Å²) >= 11 is 6.04. The summed E-state index contributed by atoms with van der Waals surface area (Å²) in [6, 6.07) is 20.8. The number of nitrogens with zero attached hydrogens (tertiary/aromatic N) is 2. The van der Waals surface area contributed by atoms with E-state index in [1.165, 1.54) is 0 Å². The van der Waals surface area contributed by atoms with Crippen LogP contribution in [-0.4, -0.2) is 22.4 Å². The van der Waals surface area contributed by atoms with Gasteiger partial charge in [-0.25, -0.2) is 4.98 Å². The summed E-state index contributed by atoms with van der Waals surface area (Å²) in [6.45, 7) is 2.55. The molecule has 0 aliphatic rings. The first-order valence-electron chi connectivity index (χ1n) is 9.86. The van der Waals surface area contributed by atoms with Gasteiger partial charge in [-0.3, -0.25) is 4.79 Å². The van der Waals surface area contributed by atoms with Crippen LogP contribution in [0.5, 0.6) is 5.75 Å². The molecule has 0 N–H and O–H groups in total. The second kappa shape index (κ2) is 7.60. The molecule has 3 aromatic carbocycles. The molecule has 5 nitrogen and oxygen atoms in total. The molecule has 0 saturated carbocycles. The topological polar surface area (TPSA) is 57.3 Å².